The highest BCUT2D eigenvalue weighted by Crippen LogP contribution is 2.35. The summed E-state index contributed by atoms with van der Waals surface area (Å²) in [6, 6.07) is 0. The number of ether oxygens (including phenoxy) is 1. The Morgan fingerprint density at radius 1 is 1.15 bits per heavy atom. The predicted octanol–water partition coefficient (Wildman–Crippen LogP) is 3.75. The molecule has 0 aromatic heterocycles. The SMILES string of the molecule is CCCCCCCCC1CC(O)CC2(CCCCN2)O1. The largest absolute Gasteiger partial charge is 0.393 e. The lowest BCUT2D eigenvalue weighted by Crippen LogP contribution is -2.57. The number of unbranched alkanes of at least 4 members (excludes halogenated alkanes) is 5. The van der Waals surface area contributed by atoms with Gasteiger partial charge in [-0.05, 0) is 38.6 Å². The van der Waals surface area contributed by atoms with E-state index in [2.05, 4.69) is 12.2 Å². The van der Waals surface area contributed by atoms with Gasteiger partial charge in [0.15, 0.2) is 0 Å². The molecule has 3 unspecified atom stereocenters. The molecule has 2 fully saturated rings. The van der Waals surface area contributed by atoms with Crippen LogP contribution in [-0.2, 0) is 4.74 Å². The van der Waals surface area contributed by atoms with Crippen molar-refractivity contribution in [3.63, 3.8) is 0 Å². The number of nitrogens with one attached hydrogen (secondary N) is 1. The number of rotatable bonds is 7. The maximum atomic E-state index is 10.1. The van der Waals surface area contributed by atoms with Gasteiger partial charge >= 0.3 is 0 Å². The third-order valence-electron chi connectivity index (χ3n) is 4.83. The van der Waals surface area contributed by atoms with Gasteiger partial charge in [0.1, 0.15) is 5.72 Å². The molecular formula is C17H33NO2. The number of aliphatic hydroxyl groups is 1. The van der Waals surface area contributed by atoms with Crippen LogP contribution >= 0.6 is 0 Å². The maximum absolute atomic E-state index is 10.1. The number of hydrogen-bond acceptors (Lipinski definition) is 3. The summed E-state index contributed by atoms with van der Waals surface area (Å²) in [5.41, 5.74) is -0.206. The van der Waals surface area contributed by atoms with Crippen LogP contribution in [0.3, 0.4) is 0 Å². The molecule has 0 saturated carbocycles. The van der Waals surface area contributed by atoms with Crippen molar-refractivity contribution < 1.29 is 9.84 Å². The van der Waals surface area contributed by atoms with Crippen LogP contribution < -0.4 is 5.32 Å². The van der Waals surface area contributed by atoms with Gasteiger partial charge < -0.3 is 9.84 Å². The Hall–Kier alpha value is -0.120. The first-order chi connectivity index (χ1) is 9.74. The summed E-state index contributed by atoms with van der Waals surface area (Å²) in [5, 5.41) is 13.7. The van der Waals surface area contributed by atoms with E-state index in [1.807, 2.05) is 0 Å². The third kappa shape index (κ3) is 5.01. The molecule has 2 N–H and O–H groups in total. The quantitative estimate of drug-likeness (QED) is 0.699. The lowest BCUT2D eigenvalue weighted by molar-refractivity contribution is -0.189. The fourth-order valence-corrected chi connectivity index (χ4v) is 3.73. The van der Waals surface area contributed by atoms with Crippen LogP contribution in [0.2, 0.25) is 0 Å². The predicted molar refractivity (Wildman–Crippen MR) is 82.7 cm³/mol. The van der Waals surface area contributed by atoms with Gasteiger partial charge in [0, 0.05) is 6.42 Å². The molecule has 2 aliphatic rings. The fourth-order valence-electron chi connectivity index (χ4n) is 3.73. The summed E-state index contributed by atoms with van der Waals surface area (Å²) in [6.45, 7) is 3.30. The molecule has 3 atom stereocenters. The summed E-state index contributed by atoms with van der Waals surface area (Å²) in [4.78, 5) is 0. The Morgan fingerprint density at radius 2 is 1.95 bits per heavy atom. The monoisotopic (exact) mass is 283 g/mol. The van der Waals surface area contributed by atoms with Crippen LogP contribution in [0, 0.1) is 0 Å². The van der Waals surface area contributed by atoms with Gasteiger partial charge in [0.2, 0.25) is 0 Å². The second-order valence-electron chi connectivity index (χ2n) is 6.77. The Kier molecular flexibility index (Phi) is 6.79. The van der Waals surface area contributed by atoms with Gasteiger partial charge in [0.25, 0.3) is 0 Å². The van der Waals surface area contributed by atoms with Crippen molar-refractivity contribution in [3.05, 3.63) is 0 Å². The lowest BCUT2D eigenvalue weighted by Gasteiger charge is -2.46. The molecule has 3 heteroatoms. The standard InChI is InChI=1S/C17H33NO2/c1-2-3-4-5-6-7-10-16-13-15(19)14-17(20-16)11-8-9-12-18-17/h15-16,18-19H,2-14H2,1H3. The van der Waals surface area contributed by atoms with E-state index in [1.165, 1.54) is 51.4 Å². The Bertz CT molecular complexity index is 264. The first kappa shape index (κ1) is 16.3. The molecule has 0 aliphatic carbocycles. The van der Waals surface area contributed by atoms with Gasteiger partial charge in [-0.1, -0.05) is 45.4 Å². The topological polar surface area (TPSA) is 41.5 Å². The molecule has 0 aromatic rings. The van der Waals surface area contributed by atoms with Gasteiger partial charge in [-0.2, -0.15) is 0 Å². The first-order valence-electron chi connectivity index (χ1n) is 8.85. The van der Waals surface area contributed by atoms with Gasteiger partial charge in [-0.15, -0.1) is 0 Å². The van der Waals surface area contributed by atoms with Crippen LogP contribution in [0.1, 0.15) is 84.0 Å². The molecule has 2 saturated heterocycles. The van der Waals surface area contributed by atoms with E-state index in [4.69, 9.17) is 4.74 Å². The zero-order valence-electron chi connectivity index (χ0n) is 13.2. The number of hydrogen-bond donors (Lipinski definition) is 2. The molecule has 118 valence electrons. The van der Waals surface area contributed by atoms with Crippen LogP contribution in [0.25, 0.3) is 0 Å². The minimum Gasteiger partial charge on any atom is -0.393 e. The van der Waals surface area contributed by atoms with Crippen molar-refractivity contribution >= 4 is 0 Å². The van der Waals surface area contributed by atoms with Crippen molar-refractivity contribution in [2.75, 3.05) is 6.54 Å². The molecule has 1 spiro atoms. The molecule has 2 aliphatic heterocycles. The van der Waals surface area contributed by atoms with Gasteiger partial charge in [-0.25, -0.2) is 0 Å². The number of aliphatic hydroxyl groups excluding tert-OH is 1. The smallest absolute Gasteiger partial charge is 0.122 e. The van der Waals surface area contributed by atoms with Crippen molar-refractivity contribution in [2.45, 2.75) is 102 Å². The summed E-state index contributed by atoms with van der Waals surface area (Å²) in [6.07, 6.45) is 14.3. The van der Waals surface area contributed by atoms with Gasteiger partial charge in [0.05, 0.1) is 12.2 Å². The highest BCUT2D eigenvalue weighted by Gasteiger charge is 2.41. The van der Waals surface area contributed by atoms with Gasteiger partial charge in [-0.3, -0.25) is 5.32 Å². The third-order valence-corrected chi connectivity index (χ3v) is 4.83. The average molecular weight is 283 g/mol. The average Bonchev–Trinajstić information content (AvgIpc) is 2.42. The second-order valence-corrected chi connectivity index (χ2v) is 6.77. The van der Waals surface area contributed by atoms with E-state index >= 15 is 0 Å². The summed E-state index contributed by atoms with van der Waals surface area (Å²) in [7, 11) is 0. The maximum Gasteiger partial charge on any atom is 0.122 e. The van der Waals surface area contributed by atoms with Crippen LogP contribution in [0.15, 0.2) is 0 Å². The molecule has 0 radical (unpaired) electrons. The van der Waals surface area contributed by atoms with Crippen molar-refractivity contribution in [2.24, 2.45) is 0 Å². The summed E-state index contributed by atoms with van der Waals surface area (Å²) >= 11 is 0. The van der Waals surface area contributed by atoms with E-state index in [1.54, 1.807) is 0 Å². The molecule has 0 aromatic carbocycles. The molecule has 0 bridgehead atoms. The number of piperidine rings is 1. The van der Waals surface area contributed by atoms with E-state index in [0.717, 1.165) is 32.2 Å². The zero-order chi connectivity index (χ0) is 14.3. The molecular weight excluding hydrogens is 250 g/mol. The molecule has 2 rings (SSSR count). The van der Waals surface area contributed by atoms with Crippen LogP contribution in [0.4, 0.5) is 0 Å². The van der Waals surface area contributed by atoms with Crippen molar-refractivity contribution in [3.8, 4) is 0 Å². The molecule has 2 heterocycles. The minimum absolute atomic E-state index is 0.181. The summed E-state index contributed by atoms with van der Waals surface area (Å²) < 4.78 is 6.34. The second kappa shape index (κ2) is 8.35. The summed E-state index contributed by atoms with van der Waals surface area (Å²) in [5.74, 6) is 0. The molecule has 3 nitrogen and oxygen atoms in total. The first-order valence-corrected chi connectivity index (χ1v) is 8.85. The zero-order valence-corrected chi connectivity index (χ0v) is 13.2. The molecule has 0 amide bonds. The Balaban J connectivity index is 1.68. The lowest BCUT2D eigenvalue weighted by atomic mass is 9.88. The Morgan fingerprint density at radius 3 is 2.70 bits per heavy atom. The van der Waals surface area contributed by atoms with E-state index in [0.29, 0.717) is 0 Å². The van der Waals surface area contributed by atoms with Crippen molar-refractivity contribution in [1.29, 1.82) is 0 Å². The van der Waals surface area contributed by atoms with E-state index in [-0.39, 0.29) is 17.9 Å². The van der Waals surface area contributed by atoms with Crippen LogP contribution in [-0.4, -0.2) is 29.6 Å². The van der Waals surface area contributed by atoms with E-state index < -0.39 is 0 Å². The normalized spacial score (nSPS) is 34.5. The fraction of sp³-hybridized carbons (Fsp3) is 1.00. The Labute approximate surface area is 124 Å². The van der Waals surface area contributed by atoms with Crippen molar-refractivity contribution in [1.82, 2.24) is 5.32 Å². The van der Waals surface area contributed by atoms with Crippen LogP contribution in [0.5, 0.6) is 0 Å². The molecule has 20 heavy (non-hydrogen) atoms. The highest BCUT2D eigenvalue weighted by atomic mass is 16.5. The minimum atomic E-state index is -0.206. The highest BCUT2D eigenvalue weighted by molar-refractivity contribution is 4.90. The van der Waals surface area contributed by atoms with E-state index in [9.17, 15) is 5.11 Å².